The average molecular weight is 380 g/mol. The predicted molar refractivity (Wildman–Crippen MR) is 97.4 cm³/mol. The van der Waals surface area contributed by atoms with Gasteiger partial charge in [-0.25, -0.2) is 0 Å². The smallest absolute Gasteiger partial charge is 0.306 e. The van der Waals surface area contributed by atoms with E-state index >= 15 is 0 Å². The maximum absolute atomic E-state index is 12.8. The summed E-state index contributed by atoms with van der Waals surface area (Å²) in [5.41, 5.74) is 2.01. The van der Waals surface area contributed by atoms with E-state index in [1.807, 2.05) is 37.3 Å². The van der Waals surface area contributed by atoms with Crippen molar-refractivity contribution in [1.82, 2.24) is 4.90 Å². The number of halogens is 1. The van der Waals surface area contributed by atoms with E-state index in [1.165, 1.54) is 11.3 Å². The molecule has 1 amide bonds. The van der Waals surface area contributed by atoms with E-state index in [0.717, 1.165) is 16.0 Å². The zero-order valence-electron chi connectivity index (χ0n) is 13.7. The minimum Gasteiger partial charge on any atom is -0.481 e. The first kappa shape index (κ1) is 17.9. The van der Waals surface area contributed by atoms with E-state index in [9.17, 15) is 9.59 Å². The number of benzene rings is 1. The Morgan fingerprint density at radius 1 is 1.40 bits per heavy atom. The largest absolute Gasteiger partial charge is 0.481 e. The third kappa shape index (κ3) is 4.21. The number of nitrogens with zero attached hydrogens (tertiary/aromatic N) is 1. The molecule has 1 saturated heterocycles. The Morgan fingerprint density at radius 3 is 2.92 bits per heavy atom. The van der Waals surface area contributed by atoms with Crippen LogP contribution in [-0.2, 0) is 9.53 Å². The lowest BCUT2D eigenvalue weighted by Crippen LogP contribution is -2.46. The first-order valence-electron chi connectivity index (χ1n) is 7.93. The van der Waals surface area contributed by atoms with E-state index in [0.29, 0.717) is 29.6 Å². The minimum absolute atomic E-state index is 0.0833. The summed E-state index contributed by atoms with van der Waals surface area (Å²) in [5.74, 6) is -1.01. The molecule has 1 N–H and O–H groups in total. The van der Waals surface area contributed by atoms with Crippen LogP contribution in [0.1, 0.15) is 21.7 Å². The summed E-state index contributed by atoms with van der Waals surface area (Å²) in [6.07, 6.45) is -0.551. The number of carbonyl (C=O) groups is 2. The second-order valence-corrected chi connectivity index (χ2v) is 7.46. The van der Waals surface area contributed by atoms with Crippen molar-refractivity contribution in [3.8, 4) is 10.4 Å². The molecule has 1 unspecified atom stereocenters. The van der Waals surface area contributed by atoms with Crippen LogP contribution in [0.4, 0.5) is 0 Å². The standard InChI is InChI=1S/C18H18ClNO4S/c1-11-7-15(25-17(11)12-3-2-4-13(19)8-12)18(23)20-5-6-24-14(10-20)9-16(21)22/h2-4,7-8,14H,5-6,9-10H2,1H3,(H,21,22). The molecule has 132 valence electrons. The van der Waals surface area contributed by atoms with Crippen LogP contribution in [-0.4, -0.2) is 47.7 Å². The fourth-order valence-electron chi connectivity index (χ4n) is 2.88. The highest BCUT2D eigenvalue weighted by Gasteiger charge is 2.27. The molecule has 0 spiro atoms. The Kier molecular flexibility index (Phi) is 5.42. The maximum atomic E-state index is 12.8. The molecule has 1 atom stereocenters. The molecule has 2 aromatic rings. The second-order valence-electron chi connectivity index (χ2n) is 5.97. The van der Waals surface area contributed by atoms with Gasteiger partial charge >= 0.3 is 5.97 Å². The minimum atomic E-state index is -0.922. The third-order valence-electron chi connectivity index (χ3n) is 4.04. The number of thiophene rings is 1. The SMILES string of the molecule is Cc1cc(C(=O)N2CCOC(CC(=O)O)C2)sc1-c1cccc(Cl)c1. The number of aryl methyl sites for hydroxylation is 1. The molecule has 0 radical (unpaired) electrons. The number of carboxylic acids is 1. The summed E-state index contributed by atoms with van der Waals surface area (Å²) in [6, 6.07) is 9.43. The lowest BCUT2D eigenvalue weighted by Gasteiger charge is -2.32. The van der Waals surface area contributed by atoms with Gasteiger partial charge in [-0.05, 0) is 36.2 Å². The van der Waals surface area contributed by atoms with E-state index in [4.69, 9.17) is 21.4 Å². The molecule has 2 heterocycles. The van der Waals surface area contributed by atoms with Crippen LogP contribution < -0.4 is 0 Å². The van der Waals surface area contributed by atoms with Gasteiger partial charge in [-0.1, -0.05) is 23.7 Å². The third-order valence-corrected chi connectivity index (χ3v) is 5.55. The molecule has 5 nitrogen and oxygen atoms in total. The molecule has 1 aliphatic rings. The summed E-state index contributed by atoms with van der Waals surface area (Å²) in [5, 5.41) is 9.56. The Labute approximate surface area is 154 Å². The number of carbonyl (C=O) groups excluding carboxylic acids is 1. The van der Waals surface area contributed by atoms with Gasteiger partial charge < -0.3 is 14.7 Å². The van der Waals surface area contributed by atoms with Gasteiger partial charge in [0.05, 0.1) is 24.0 Å². The molecule has 1 aromatic heterocycles. The molecule has 3 rings (SSSR count). The molecule has 7 heteroatoms. The van der Waals surface area contributed by atoms with Crippen LogP contribution in [0.25, 0.3) is 10.4 Å². The van der Waals surface area contributed by atoms with Gasteiger partial charge in [0, 0.05) is 23.0 Å². The van der Waals surface area contributed by atoms with Gasteiger partial charge in [0.1, 0.15) is 0 Å². The van der Waals surface area contributed by atoms with Crippen molar-refractivity contribution >= 4 is 34.8 Å². The van der Waals surface area contributed by atoms with Crippen molar-refractivity contribution in [3.63, 3.8) is 0 Å². The van der Waals surface area contributed by atoms with Crippen LogP contribution >= 0.6 is 22.9 Å². The highest BCUT2D eigenvalue weighted by atomic mass is 35.5. The van der Waals surface area contributed by atoms with Gasteiger partial charge in [0.25, 0.3) is 5.91 Å². The Bertz CT molecular complexity index is 804. The van der Waals surface area contributed by atoms with Crippen LogP contribution in [0.5, 0.6) is 0 Å². The lowest BCUT2D eigenvalue weighted by molar-refractivity contribution is -0.141. The van der Waals surface area contributed by atoms with Crippen molar-refractivity contribution in [1.29, 1.82) is 0 Å². The van der Waals surface area contributed by atoms with Gasteiger partial charge in [0.2, 0.25) is 0 Å². The highest BCUT2D eigenvalue weighted by molar-refractivity contribution is 7.17. The van der Waals surface area contributed by atoms with Crippen molar-refractivity contribution in [2.45, 2.75) is 19.4 Å². The zero-order chi connectivity index (χ0) is 18.0. The highest BCUT2D eigenvalue weighted by Crippen LogP contribution is 2.34. The topological polar surface area (TPSA) is 66.8 Å². The summed E-state index contributed by atoms with van der Waals surface area (Å²) in [7, 11) is 0. The normalized spacial score (nSPS) is 17.5. The van der Waals surface area contributed by atoms with Crippen molar-refractivity contribution in [2.75, 3.05) is 19.7 Å². The van der Waals surface area contributed by atoms with Gasteiger partial charge in [0.15, 0.2) is 0 Å². The number of hydrogen-bond acceptors (Lipinski definition) is 4. The van der Waals surface area contributed by atoms with E-state index < -0.39 is 12.1 Å². The number of hydrogen-bond donors (Lipinski definition) is 1. The van der Waals surface area contributed by atoms with Crippen LogP contribution in [0.2, 0.25) is 5.02 Å². The Balaban J connectivity index is 1.79. The first-order chi connectivity index (χ1) is 11.9. The fraction of sp³-hybridized carbons (Fsp3) is 0.333. The van der Waals surface area contributed by atoms with Crippen molar-refractivity contribution in [3.05, 3.63) is 45.8 Å². The van der Waals surface area contributed by atoms with Crippen LogP contribution in [0.3, 0.4) is 0 Å². The monoisotopic (exact) mass is 379 g/mol. The number of carboxylic acid groups (broad SMARTS) is 1. The van der Waals surface area contributed by atoms with E-state index in [2.05, 4.69) is 0 Å². The molecular weight excluding hydrogens is 362 g/mol. The summed E-state index contributed by atoms with van der Waals surface area (Å²) < 4.78 is 5.43. The summed E-state index contributed by atoms with van der Waals surface area (Å²) in [6.45, 7) is 3.10. The van der Waals surface area contributed by atoms with E-state index in [-0.39, 0.29) is 12.3 Å². The molecule has 0 saturated carbocycles. The molecule has 25 heavy (non-hydrogen) atoms. The van der Waals surface area contributed by atoms with Crippen molar-refractivity contribution in [2.24, 2.45) is 0 Å². The van der Waals surface area contributed by atoms with Gasteiger partial charge in [-0.2, -0.15) is 0 Å². The van der Waals surface area contributed by atoms with Crippen LogP contribution in [0.15, 0.2) is 30.3 Å². The predicted octanol–water partition coefficient (Wildman–Crippen LogP) is 3.69. The number of rotatable bonds is 4. The van der Waals surface area contributed by atoms with Crippen molar-refractivity contribution < 1.29 is 19.4 Å². The fourth-order valence-corrected chi connectivity index (χ4v) is 4.21. The molecule has 0 bridgehead atoms. The number of morpholine rings is 1. The summed E-state index contributed by atoms with van der Waals surface area (Å²) >= 11 is 7.49. The number of aliphatic carboxylic acids is 1. The molecule has 0 aliphatic carbocycles. The van der Waals surface area contributed by atoms with Gasteiger partial charge in [-0.15, -0.1) is 11.3 Å². The summed E-state index contributed by atoms with van der Waals surface area (Å²) in [4.78, 5) is 27.0. The molecule has 1 aromatic carbocycles. The average Bonchev–Trinajstić information content (AvgIpc) is 2.95. The number of amides is 1. The Hall–Kier alpha value is -1.89. The molecule has 1 aliphatic heterocycles. The molecule has 1 fully saturated rings. The van der Waals surface area contributed by atoms with Gasteiger partial charge in [-0.3, -0.25) is 9.59 Å². The van der Waals surface area contributed by atoms with E-state index in [1.54, 1.807) is 4.90 Å². The second kappa shape index (κ2) is 7.56. The zero-order valence-corrected chi connectivity index (χ0v) is 15.3. The number of ether oxygens (including phenoxy) is 1. The maximum Gasteiger partial charge on any atom is 0.306 e. The Morgan fingerprint density at radius 2 is 2.20 bits per heavy atom. The first-order valence-corrected chi connectivity index (χ1v) is 9.12. The molecular formula is C18H18ClNO4S. The quantitative estimate of drug-likeness (QED) is 0.879. The van der Waals surface area contributed by atoms with Crippen LogP contribution in [0, 0.1) is 6.92 Å². The lowest BCUT2D eigenvalue weighted by atomic mass is 10.1.